The predicted molar refractivity (Wildman–Crippen MR) is 348 cm³/mol. The summed E-state index contributed by atoms with van der Waals surface area (Å²) in [6.45, 7) is 6.41. The van der Waals surface area contributed by atoms with E-state index in [9.17, 15) is 14.4 Å². The van der Waals surface area contributed by atoms with Crippen LogP contribution in [0, 0.1) is 0 Å². The van der Waals surface area contributed by atoms with Gasteiger partial charge in [0.15, 0.2) is 6.10 Å². The van der Waals surface area contributed by atoms with Gasteiger partial charge >= 0.3 is 17.9 Å². The third-order valence-corrected chi connectivity index (χ3v) is 14.2. The van der Waals surface area contributed by atoms with Crippen LogP contribution in [0.5, 0.6) is 0 Å². The summed E-state index contributed by atoms with van der Waals surface area (Å²) in [6.07, 6.45) is 93.5. The lowest BCUT2D eigenvalue weighted by Crippen LogP contribution is -2.30. The smallest absolute Gasteiger partial charge is 0.306 e. The molecule has 0 aromatic rings. The highest BCUT2D eigenvalue weighted by molar-refractivity contribution is 5.71. The molecule has 0 N–H and O–H groups in total. The van der Waals surface area contributed by atoms with Gasteiger partial charge in [0.2, 0.25) is 0 Å². The number of unbranched alkanes of at least 4 members (excludes halogenated alkanes) is 29. The highest BCUT2D eigenvalue weighted by Crippen LogP contribution is 2.17. The van der Waals surface area contributed by atoms with Crippen LogP contribution in [0.1, 0.15) is 310 Å². The fraction of sp³-hybridized carbons (Fsp3) is 0.689. The van der Waals surface area contributed by atoms with Crippen LogP contribution in [0.2, 0.25) is 0 Å². The fourth-order valence-corrected chi connectivity index (χ4v) is 9.26. The van der Waals surface area contributed by atoms with Crippen molar-refractivity contribution in [1.29, 1.82) is 0 Å². The van der Waals surface area contributed by atoms with E-state index in [1.54, 1.807) is 0 Å². The summed E-state index contributed by atoms with van der Waals surface area (Å²) in [5.41, 5.74) is 0. The molecule has 0 saturated heterocycles. The quantitative estimate of drug-likeness (QED) is 0.0261. The average Bonchev–Trinajstić information content (AvgIpc) is 3.46. The van der Waals surface area contributed by atoms with Crippen molar-refractivity contribution >= 4 is 17.9 Å². The van der Waals surface area contributed by atoms with Crippen molar-refractivity contribution in [3.05, 3.63) is 122 Å². The lowest BCUT2D eigenvalue weighted by molar-refractivity contribution is -0.167. The van der Waals surface area contributed by atoms with Gasteiger partial charge in [-0.1, -0.05) is 303 Å². The molecule has 6 heteroatoms. The van der Waals surface area contributed by atoms with Gasteiger partial charge in [-0.25, -0.2) is 0 Å². The van der Waals surface area contributed by atoms with E-state index in [1.165, 1.54) is 141 Å². The van der Waals surface area contributed by atoms with Crippen molar-refractivity contribution in [2.75, 3.05) is 13.2 Å². The fourth-order valence-electron chi connectivity index (χ4n) is 9.26. The minimum atomic E-state index is -0.798. The molecule has 0 amide bonds. The van der Waals surface area contributed by atoms with Crippen LogP contribution < -0.4 is 0 Å². The summed E-state index contributed by atoms with van der Waals surface area (Å²) < 4.78 is 16.9. The molecule has 0 saturated carbocycles. The van der Waals surface area contributed by atoms with Crippen LogP contribution in [0.4, 0.5) is 0 Å². The highest BCUT2D eigenvalue weighted by atomic mass is 16.6. The van der Waals surface area contributed by atoms with Crippen LogP contribution in [-0.2, 0) is 28.6 Å². The van der Waals surface area contributed by atoms with Gasteiger partial charge in [-0.15, -0.1) is 0 Å². The van der Waals surface area contributed by atoms with Gasteiger partial charge in [-0.3, -0.25) is 14.4 Å². The van der Waals surface area contributed by atoms with E-state index in [1.807, 2.05) is 0 Å². The molecule has 6 nitrogen and oxygen atoms in total. The standard InChI is InChI=1S/C74H124O6/c1-4-7-10-13-16-19-22-25-28-30-32-33-34-35-36-37-38-39-40-41-43-44-46-49-52-55-58-61-64-67-73(76)79-70-71(69-78-72(75)66-63-60-57-54-51-48-27-24-21-18-15-12-9-6-3)80-74(77)68-65-62-59-56-53-50-47-45-42-31-29-26-23-20-17-14-11-8-5-2/h7-8,10-11,16-17,19-20,25-26,28-29,32-33,35-36,42,45,50,53,71H,4-6,9,12-15,18,21-24,27,30-31,34,37-41,43-44,46-49,51-52,54-70H2,1-3H3/b10-7-,11-8-,19-16-,20-17-,28-25-,29-26-,33-32-,36-35-,45-42-,53-50-. The van der Waals surface area contributed by atoms with Gasteiger partial charge < -0.3 is 14.2 Å². The van der Waals surface area contributed by atoms with Gasteiger partial charge in [-0.2, -0.15) is 0 Å². The minimum Gasteiger partial charge on any atom is -0.462 e. The van der Waals surface area contributed by atoms with E-state index in [-0.39, 0.29) is 37.5 Å². The number of hydrogen-bond donors (Lipinski definition) is 0. The first-order valence-corrected chi connectivity index (χ1v) is 33.5. The minimum absolute atomic E-state index is 0.0903. The van der Waals surface area contributed by atoms with Crippen molar-refractivity contribution in [3.63, 3.8) is 0 Å². The zero-order valence-corrected chi connectivity index (χ0v) is 52.3. The molecule has 0 heterocycles. The third kappa shape index (κ3) is 64.6. The molecule has 80 heavy (non-hydrogen) atoms. The maximum atomic E-state index is 12.9. The Morgan fingerprint density at radius 1 is 0.263 bits per heavy atom. The van der Waals surface area contributed by atoms with Crippen LogP contribution in [0.25, 0.3) is 0 Å². The summed E-state index contributed by atoms with van der Waals surface area (Å²) in [5.74, 6) is -0.914. The molecule has 0 bridgehead atoms. The molecule has 0 aliphatic carbocycles. The zero-order valence-electron chi connectivity index (χ0n) is 52.3. The molecule has 0 spiro atoms. The molecular formula is C74H124O6. The summed E-state index contributed by atoms with van der Waals surface area (Å²) in [4.78, 5) is 38.4. The first kappa shape index (κ1) is 75.8. The second-order valence-corrected chi connectivity index (χ2v) is 22.0. The molecule has 0 radical (unpaired) electrons. The zero-order chi connectivity index (χ0) is 57.8. The predicted octanol–water partition coefficient (Wildman–Crippen LogP) is 23.2. The van der Waals surface area contributed by atoms with Gasteiger partial charge in [0, 0.05) is 19.3 Å². The van der Waals surface area contributed by atoms with Gasteiger partial charge in [0.05, 0.1) is 0 Å². The molecule has 0 aromatic heterocycles. The van der Waals surface area contributed by atoms with E-state index in [2.05, 4.69) is 142 Å². The van der Waals surface area contributed by atoms with E-state index in [0.29, 0.717) is 12.8 Å². The molecule has 0 aromatic carbocycles. The summed E-state index contributed by atoms with van der Waals surface area (Å²) >= 11 is 0. The van der Waals surface area contributed by atoms with E-state index in [0.717, 1.165) is 128 Å². The molecule has 456 valence electrons. The number of rotatable bonds is 60. The van der Waals surface area contributed by atoms with Crippen LogP contribution >= 0.6 is 0 Å². The summed E-state index contributed by atoms with van der Waals surface area (Å²) in [5, 5.41) is 0. The second kappa shape index (κ2) is 67.3. The number of carbonyl (C=O) groups is 3. The van der Waals surface area contributed by atoms with Crippen LogP contribution in [0.3, 0.4) is 0 Å². The molecule has 0 rings (SSSR count). The molecular weight excluding hydrogens is 985 g/mol. The largest absolute Gasteiger partial charge is 0.462 e. The van der Waals surface area contributed by atoms with Crippen molar-refractivity contribution in [1.82, 2.24) is 0 Å². The topological polar surface area (TPSA) is 78.9 Å². The lowest BCUT2D eigenvalue weighted by Gasteiger charge is -2.18. The SMILES string of the molecule is CC/C=C\C/C=C\C/C=C\C/C=C\C/C=C\CCCCCCCCCCCCCCCC(=O)OCC(COC(=O)CCCCCCCCCCCCCCCC)OC(=O)CCCCC/C=C\C/C=C\C/C=C\C/C=C\C/C=C\CC. The van der Waals surface area contributed by atoms with E-state index < -0.39 is 6.10 Å². The van der Waals surface area contributed by atoms with Gasteiger partial charge in [-0.05, 0) is 109 Å². The highest BCUT2D eigenvalue weighted by Gasteiger charge is 2.19. The first-order chi connectivity index (χ1) is 39.5. The number of ether oxygens (including phenoxy) is 3. The molecule has 0 fully saturated rings. The first-order valence-electron chi connectivity index (χ1n) is 33.5. The Morgan fingerprint density at radius 3 is 0.775 bits per heavy atom. The maximum absolute atomic E-state index is 12.9. The summed E-state index contributed by atoms with van der Waals surface area (Å²) in [6, 6.07) is 0. The second-order valence-electron chi connectivity index (χ2n) is 22.0. The summed E-state index contributed by atoms with van der Waals surface area (Å²) in [7, 11) is 0. The Bertz CT molecular complexity index is 1650. The van der Waals surface area contributed by atoms with Crippen molar-refractivity contribution in [2.24, 2.45) is 0 Å². The Labute approximate surface area is 494 Å². The maximum Gasteiger partial charge on any atom is 0.306 e. The van der Waals surface area contributed by atoms with Crippen LogP contribution in [-0.4, -0.2) is 37.2 Å². The van der Waals surface area contributed by atoms with Crippen molar-refractivity contribution < 1.29 is 28.6 Å². The Balaban J connectivity index is 4.33. The number of carbonyl (C=O) groups excluding carboxylic acids is 3. The van der Waals surface area contributed by atoms with E-state index in [4.69, 9.17) is 14.2 Å². The Morgan fingerprint density at radius 2 is 0.487 bits per heavy atom. The molecule has 1 unspecified atom stereocenters. The lowest BCUT2D eigenvalue weighted by atomic mass is 10.0. The number of esters is 3. The monoisotopic (exact) mass is 1110 g/mol. The van der Waals surface area contributed by atoms with Crippen LogP contribution in [0.15, 0.2) is 122 Å². The molecule has 1 atom stereocenters. The Hall–Kier alpha value is -4.19. The van der Waals surface area contributed by atoms with Crippen molar-refractivity contribution in [2.45, 2.75) is 316 Å². The van der Waals surface area contributed by atoms with Gasteiger partial charge in [0.25, 0.3) is 0 Å². The normalized spacial score (nSPS) is 12.9. The molecule has 0 aliphatic rings. The average molecular weight is 1110 g/mol. The van der Waals surface area contributed by atoms with Crippen molar-refractivity contribution in [3.8, 4) is 0 Å². The number of hydrogen-bond acceptors (Lipinski definition) is 6. The number of allylic oxidation sites excluding steroid dienone is 20. The molecule has 0 aliphatic heterocycles. The van der Waals surface area contributed by atoms with E-state index >= 15 is 0 Å². The Kier molecular flexibility index (Phi) is 63.8. The third-order valence-electron chi connectivity index (χ3n) is 14.2. The van der Waals surface area contributed by atoms with Gasteiger partial charge in [0.1, 0.15) is 13.2 Å².